The van der Waals surface area contributed by atoms with Crippen LogP contribution in [0.15, 0.2) is 23.8 Å². The molecule has 0 unspecified atom stereocenters. The van der Waals surface area contributed by atoms with Crippen LogP contribution in [0.25, 0.3) is 6.08 Å². The summed E-state index contributed by atoms with van der Waals surface area (Å²) in [6.45, 7) is 8.84. The molecule has 0 aliphatic carbocycles. The van der Waals surface area contributed by atoms with Crippen molar-refractivity contribution >= 4 is 6.08 Å². The molecule has 0 spiro atoms. The number of likely N-dealkylation sites (N-methyl/N-ethyl adjacent to an activating group) is 1. The predicted octanol–water partition coefficient (Wildman–Crippen LogP) is 3.50. The summed E-state index contributed by atoms with van der Waals surface area (Å²) < 4.78 is 10.9. The van der Waals surface area contributed by atoms with Gasteiger partial charge in [0.15, 0.2) is 11.5 Å². The lowest BCUT2D eigenvalue weighted by Crippen LogP contribution is -2.15. The normalized spacial score (nSPS) is 11.5. The Morgan fingerprint density at radius 1 is 1.21 bits per heavy atom. The van der Waals surface area contributed by atoms with Crippen LogP contribution in [-0.4, -0.2) is 26.8 Å². The molecule has 19 heavy (non-hydrogen) atoms. The molecule has 106 valence electrons. The molecule has 0 heterocycles. The Hall–Kier alpha value is -1.48. The van der Waals surface area contributed by atoms with Crippen molar-refractivity contribution in [1.82, 2.24) is 5.32 Å². The second kappa shape index (κ2) is 8.59. The van der Waals surface area contributed by atoms with Gasteiger partial charge in [0.1, 0.15) is 0 Å². The van der Waals surface area contributed by atoms with Crippen molar-refractivity contribution in [2.24, 2.45) is 0 Å². The second-order valence-corrected chi connectivity index (χ2v) is 4.28. The first-order valence-electron chi connectivity index (χ1n) is 6.96. The Kier molecular flexibility index (Phi) is 7.04. The maximum atomic E-state index is 5.60. The lowest BCUT2D eigenvalue weighted by molar-refractivity contribution is 0.311. The molecule has 0 aliphatic heterocycles. The smallest absolute Gasteiger partial charge is 0.161 e. The molecule has 1 aromatic carbocycles. The van der Waals surface area contributed by atoms with Crippen LogP contribution in [0.2, 0.25) is 0 Å². The third-order valence-corrected chi connectivity index (χ3v) is 2.91. The molecule has 1 rings (SSSR count). The van der Waals surface area contributed by atoms with Crippen LogP contribution in [0.4, 0.5) is 0 Å². The van der Waals surface area contributed by atoms with E-state index in [-0.39, 0.29) is 0 Å². The van der Waals surface area contributed by atoms with Gasteiger partial charge in [-0.3, -0.25) is 0 Å². The molecule has 0 radical (unpaired) electrons. The van der Waals surface area contributed by atoms with Crippen molar-refractivity contribution in [2.75, 3.05) is 26.8 Å². The Labute approximate surface area is 116 Å². The molecule has 1 aromatic rings. The molecule has 0 aliphatic rings. The first kappa shape index (κ1) is 15.6. The fourth-order valence-electron chi connectivity index (χ4n) is 1.85. The summed E-state index contributed by atoms with van der Waals surface area (Å²) in [6, 6.07) is 6.05. The molecule has 0 atom stereocenters. The number of rotatable bonds is 8. The predicted molar refractivity (Wildman–Crippen MR) is 81.0 cm³/mol. The zero-order valence-electron chi connectivity index (χ0n) is 12.5. The number of benzene rings is 1. The Morgan fingerprint density at radius 2 is 2.00 bits per heavy atom. The van der Waals surface area contributed by atoms with Crippen LogP contribution in [0, 0.1) is 0 Å². The van der Waals surface area contributed by atoms with Crippen molar-refractivity contribution in [3.63, 3.8) is 0 Å². The maximum absolute atomic E-state index is 5.60. The van der Waals surface area contributed by atoms with Crippen LogP contribution in [0.3, 0.4) is 0 Å². The van der Waals surface area contributed by atoms with Crippen LogP contribution in [-0.2, 0) is 0 Å². The van der Waals surface area contributed by atoms with Gasteiger partial charge in [0.05, 0.1) is 13.7 Å². The standard InChI is InChI=1S/C16H25NO2/c1-5-13(12-17-6-2)10-14-8-9-15(18-4)16(11-14)19-7-3/h8-11,17H,5-7,12H2,1-4H3. The molecule has 0 amide bonds. The zero-order chi connectivity index (χ0) is 14.1. The first-order chi connectivity index (χ1) is 9.24. The van der Waals surface area contributed by atoms with Crippen LogP contribution >= 0.6 is 0 Å². The summed E-state index contributed by atoms with van der Waals surface area (Å²) in [5, 5.41) is 3.36. The van der Waals surface area contributed by atoms with E-state index >= 15 is 0 Å². The minimum Gasteiger partial charge on any atom is -0.493 e. The summed E-state index contributed by atoms with van der Waals surface area (Å²) >= 11 is 0. The topological polar surface area (TPSA) is 30.5 Å². The third-order valence-electron chi connectivity index (χ3n) is 2.91. The summed E-state index contributed by atoms with van der Waals surface area (Å²) in [7, 11) is 1.66. The average Bonchev–Trinajstić information content (AvgIpc) is 2.44. The Balaban J connectivity index is 2.93. The van der Waals surface area contributed by atoms with Gasteiger partial charge in [0, 0.05) is 6.54 Å². The first-order valence-corrected chi connectivity index (χ1v) is 6.96. The van der Waals surface area contributed by atoms with Gasteiger partial charge in [-0.1, -0.05) is 31.6 Å². The van der Waals surface area contributed by atoms with Gasteiger partial charge in [0.25, 0.3) is 0 Å². The Bertz CT molecular complexity index is 413. The van der Waals surface area contributed by atoms with Gasteiger partial charge in [-0.25, -0.2) is 0 Å². The van der Waals surface area contributed by atoms with Crippen LogP contribution in [0.1, 0.15) is 32.8 Å². The van der Waals surface area contributed by atoms with Crippen molar-refractivity contribution < 1.29 is 9.47 Å². The van der Waals surface area contributed by atoms with E-state index in [0.717, 1.165) is 36.6 Å². The SMILES string of the molecule is CCNCC(=Cc1ccc(OC)c(OCC)c1)CC. The minimum absolute atomic E-state index is 0.640. The van der Waals surface area contributed by atoms with E-state index in [1.54, 1.807) is 7.11 Å². The van der Waals surface area contributed by atoms with E-state index in [9.17, 15) is 0 Å². The minimum atomic E-state index is 0.640. The van der Waals surface area contributed by atoms with Crippen molar-refractivity contribution in [3.8, 4) is 11.5 Å². The monoisotopic (exact) mass is 263 g/mol. The average molecular weight is 263 g/mol. The molecule has 0 bridgehead atoms. The van der Waals surface area contributed by atoms with E-state index in [1.807, 2.05) is 19.1 Å². The zero-order valence-corrected chi connectivity index (χ0v) is 12.5. The molecule has 1 N–H and O–H groups in total. The Morgan fingerprint density at radius 3 is 2.58 bits per heavy atom. The molecule has 3 nitrogen and oxygen atoms in total. The van der Waals surface area contributed by atoms with Gasteiger partial charge >= 0.3 is 0 Å². The molecular formula is C16H25NO2. The number of ether oxygens (including phenoxy) is 2. The molecular weight excluding hydrogens is 238 g/mol. The van der Waals surface area contributed by atoms with Crippen molar-refractivity contribution in [1.29, 1.82) is 0 Å². The van der Waals surface area contributed by atoms with Gasteiger partial charge in [-0.05, 0) is 37.6 Å². The van der Waals surface area contributed by atoms with Gasteiger partial charge in [0.2, 0.25) is 0 Å². The van der Waals surface area contributed by atoms with Gasteiger partial charge in [-0.2, -0.15) is 0 Å². The fraction of sp³-hybridized carbons (Fsp3) is 0.500. The van der Waals surface area contributed by atoms with E-state index in [2.05, 4.69) is 31.3 Å². The van der Waals surface area contributed by atoms with Crippen LogP contribution < -0.4 is 14.8 Å². The highest BCUT2D eigenvalue weighted by Crippen LogP contribution is 2.29. The van der Waals surface area contributed by atoms with E-state index in [4.69, 9.17) is 9.47 Å². The van der Waals surface area contributed by atoms with E-state index in [1.165, 1.54) is 5.57 Å². The number of methoxy groups -OCH3 is 1. The highest BCUT2D eigenvalue weighted by Gasteiger charge is 2.04. The summed E-state index contributed by atoms with van der Waals surface area (Å²) in [6.07, 6.45) is 3.26. The lowest BCUT2D eigenvalue weighted by Gasteiger charge is -2.11. The van der Waals surface area contributed by atoms with Gasteiger partial charge in [-0.15, -0.1) is 0 Å². The molecule has 0 saturated heterocycles. The summed E-state index contributed by atoms with van der Waals surface area (Å²) in [5.41, 5.74) is 2.54. The van der Waals surface area contributed by atoms with Gasteiger partial charge < -0.3 is 14.8 Å². The van der Waals surface area contributed by atoms with Crippen LogP contribution in [0.5, 0.6) is 11.5 Å². The highest BCUT2D eigenvalue weighted by molar-refractivity contribution is 5.58. The molecule has 0 aromatic heterocycles. The largest absolute Gasteiger partial charge is 0.493 e. The molecule has 3 heteroatoms. The quantitative estimate of drug-likeness (QED) is 0.778. The van der Waals surface area contributed by atoms with E-state index < -0.39 is 0 Å². The van der Waals surface area contributed by atoms with Crippen molar-refractivity contribution in [2.45, 2.75) is 27.2 Å². The molecule has 0 fully saturated rings. The number of nitrogens with one attached hydrogen (secondary N) is 1. The van der Waals surface area contributed by atoms with Crippen molar-refractivity contribution in [3.05, 3.63) is 29.3 Å². The van der Waals surface area contributed by atoms with E-state index in [0.29, 0.717) is 6.61 Å². The fourth-order valence-corrected chi connectivity index (χ4v) is 1.85. The lowest BCUT2D eigenvalue weighted by atomic mass is 10.1. The number of hydrogen-bond donors (Lipinski definition) is 1. The summed E-state index contributed by atoms with van der Waals surface area (Å²) in [4.78, 5) is 0. The summed E-state index contributed by atoms with van der Waals surface area (Å²) in [5.74, 6) is 1.58. The number of hydrogen-bond acceptors (Lipinski definition) is 3. The molecule has 0 saturated carbocycles. The maximum Gasteiger partial charge on any atom is 0.161 e. The third kappa shape index (κ3) is 4.95. The second-order valence-electron chi connectivity index (χ2n) is 4.28. The highest BCUT2D eigenvalue weighted by atomic mass is 16.5.